The van der Waals surface area contributed by atoms with Crippen LogP contribution in [-0.4, -0.2) is 30.2 Å². The zero-order chi connectivity index (χ0) is 22.7. The molecule has 162 valence electrons. The van der Waals surface area contributed by atoms with E-state index < -0.39 is 0 Å². The van der Waals surface area contributed by atoms with E-state index in [1.54, 1.807) is 36.6 Å². The molecule has 0 aliphatic rings. The fourth-order valence-corrected chi connectivity index (χ4v) is 4.79. The molecule has 2 N–H and O–H groups in total. The number of nitrogens with one attached hydrogen (secondary N) is 2. The number of fused-ring (bicyclic) bond motifs is 1. The highest BCUT2D eigenvalue weighted by molar-refractivity contribution is 14.1. The molecule has 0 fully saturated rings. The van der Waals surface area contributed by atoms with Crippen LogP contribution in [0.5, 0.6) is 11.5 Å². The number of benzene rings is 3. The summed E-state index contributed by atoms with van der Waals surface area (Å²) in [7, 11) is 3.06. The first-order chi connectivity index (χ1) is 15.5. The van der Waals surface area contributed by atoms with Crippen LogP contribution < -0.4 is 20.1 Å². The van der Waals surface area contributed by atoms with Crippen LogP contribution in [0.25, 0.3) is 20.8 Å². The number of ether oxygens (including phenoxy) is 2. The van der Waals surface area contributed by atoms with Gasteiger partial charge >= 0.3 is 0 Å². The minimum absolute atomic E-state index is 0.188. The zero-order valence-corrected chi connectivity index (χ0v) is 20.9. The predicted molar refractivity (Wildman–Crippen MR) is 141 cm³/mol. The van der Waals surface area contributed by atoms with Gasteiger partial charge in [-0.3, -0.25) is 10.1 Å². The Hall–Kier alpha value is -2.76. The summed E-state index contributed by atoms with van der Waals surface area (Å²) in [6.45, 7) is 0. The molecule has 0 bridgehead atoms. The first-order valence-corrected chi connectivity index (χ1v) is 11.8. The van der Waals surface area contributed by atoms with Crippen LogP contribution in [0.1, 0.15) is 10.4 Å². The van der Waals surface area contributed by atoms with E-state index >= 15 is 0 Å². The number of amides is 1. The number of halogens is 1. The van der Waals surface area contributed by atoms with E-state index in [9.17, 15) is 4.79 Å². The number of thiocarbonyl (C=S) groups is 1. The molecule has 0 radical (unpaired) electrons. The van der Waals surface area contributed by atoms with Crippen molar-refractivity contribution in [3.05, 3.63) is 69.8 Å². The van der Waals surface area contributed by atoms with Gasteiger partial charge < -0.3 is 14.8 Å². The van der Waals surface area contributed by atoms with Gasteiger partial charge in [-0.15, -0.1) is 11.3 Å². The molecule has 1 amide bonds. The lowest BCUT2D eigenvalue weighted by molar-refractivity contribution is 0.0977. The van der Waals surface area contributed by atoms with E-state index in [-0.39, 0.29) is 11.0 Å². The molecule has 0 saturated heterocycles. The van der Waals surface area contributed by atoms with Crippen molar-refractivity contribution in [3.63, 3.8) is 0 Å². The van der Waals surface area contributed by atoms with Gasteiger partial charge in [0.2, 0.25) is 0 Å². The molecule has 1 heterocycles. The van der Waals surface area contributed by atoms with Crippen molar-refractivity contribution < 1.29 is 14.3 Å². The average Bonchev–Trinajstić information content (AvgIpc) is 3.23. The molecule has 0 aliphatic heterocycles. The molecule has 6 nitrogen and oxygen atoms in total. The highest BCUT2D eigenvalue weighted by Gasteiger charge is 2.15. The predicted octanol–water partition coefficient (Wildman–Crippen LogP) is 5.71. The van der Waals surface area contributed by atoms with Crippen molar-refractivity contribution in [1.29, 1.82) is 0 Å². The number of carbonyl (C=O) groups excluding carboxylic acids is 1. The summed E-state index contributed by atoms with van der Waals surface area (Å²) in [5.41, 5.74) is 3.03. The largest absolute Gasteiger partial charge is 0.493 e. The van der Waals surface area contributed by atoms with Crippen LogP contribution in [0.15, 0.2) is 60.7 Å². The fourth-order valence-electron chi connectivity index (χ4n) is 3.10. The van der Waals surface area contributed by atoms with Crippen molar-refractivity contribution in [1.82, 2.24) is 10.3 Å². The number of methoxy groups -OCH3 is 2. The summed E-state index contributed by atoms with van der Waals surface area (Å²) in [6.07, 6.45) is 0. The maximum absolute atomic E-state index is 12.7. The minimum Gasteiger partial charge on any atom is -0.493 e. The van der Waals surface area contributed by atoms with E-state index in [4.69, 9.17) is 26.7 Å². The minimum atomic E-state index is -0.351. The summed E-state index contributed by atoms with van der Waals surface area (Å²) in [5.74, 6) is 0.661. The summed E-state index contributed by atoms with van der Waals surface area (Å²) in [5, 5.41) is 6.92. The van der Waals surface area contributed by atoms with Gasteiger partial charge in [0, 0.05) is 14.7 Å². The molecule has 3 aromatic carbocycles. The Kier molecular flexibility index (Phi) is 6.87. The number of hydrogen-bond acceptors (Lipinski definition) is 6. The molecular formula is C23H18IN3O3S2. The summed E-state index contributed by atoms with van der Waals surface area (Å²) in [4.78, 5) is 17.4. The number of carbonyl (C=O) groups is 1. The first kappa shape index (κ1) is 22.4. The smallest absolute Gasteiger partial charge is 0.257 e. The third kappa shape index (κ3) is 4.84. The van der Waals surface area contributed by atoms with Crippen LogP contribution in [0.3, 0.4) is 0 Å². The third-order valence-corrected chi connectivity index (χ3v) is 6.57. The molecule has 0 atom stereocenters. The van der Waals surface area contributed by atoms with Crippen molar-refractivity contribution in [2.24, 2.45) is 0 Å². The second kappa shape index (κ2) is 9.80. The number of aromatic nitrogens is 1. The van der Waals surface area contributed by atoms with Crippen molar-refractivity contribution >= 4 is 73.1 Å². The van der Waals surface area contributed by atoms with Gasteiger partial charge in [-0.25, -0.2) is 4.98 Å². The molecule has 32 heavy (non-hydrogen) atoms. The van der Waals surface area contributed by atoms with Gasteiger partial charge in [-0.1, -0.05) is 12.1 Å². The van der Waals surface area contributed by atoms with Crippen LogP contribution in [0, 0.1) is 3.57 Å². The zero-order valence-electron chi connectivity index (χ0n) is 17.1. The average molecular weight is 575 g/mol. The second-order valence-corrected chi connectivity index (χ2v) is 9.34. The molecule has 0 saturated carbocycles. The fraction of sp³-hybridized carbons (Fsp3) is 0.0870. The molecule has 9 heteroatoms. The van der Waals surface area contributed by atoms with Crippen LogP contribution in [0.4, 0.5) is 5.69 Å². The maximum Gasteiger partial charge on any atom is 0.257 e. The molecule has 0 aliphatic carbocycles. The lowest BCUT2D eigenvalue weighted by Gasteiger charge is -2.14. The highest BCUT2D eigenvalue weighted by atomic mass is 127. The van der Waals surface area contributed by atoms with Gasteiger partial charge in [0.15, 0.2) is 16.6 Å². The Morgan fingerprint density at radius 2 is 1.81 bits per heavy atom. The Labute approximate surface area is 208 Å². The number of hydrogen-bond donors (Lipinski definition) is 2. The SMILES string of the molecule is COc1ccc(C(=O)NC(=S)Nc2ccc(I)cc2-c2nc3ccccc3s2)cc1OC. The monoisotopic (exact) mass is 575 g/mol. The maximum atomic E-state index is 12.7. The number of anilines is 1. The lowest BCUT2D eigenvalue weighted by atomic mass is 10.2. The Morgan fingerprint density at radius 3 is 2.56 bits per heavy atom. The van der Waals surface area contributed by atoms with Crippen molar-refractivity contribution in [2.75, 3.05) is 19.5 Å². The van der Waals surface area contributed by atoms with Gasteiger partial charge in [-0.2, -0.15) is 0 Å². The van der Waals surface area contributed by atoms with Crippen LogP contribution in [-0.2, 0) is 0 Å². The normalized spacial score (nSPS) is 10.6. The topological polar surface area (TPSA) is 72.5 Å². The Balaban J connectivity index is 1.55. The number of nitrogens with zero attached hydrogens (tertiary/aromatic N) is 1. The van der Waals surface area contributed by atoms with E-state index in [1.807, 2.05) is 42.5 Å². The van der Waals surface area contributed by atoms with E-state index in [2.05, 4.69) is 33.2 Å². The van der Waals surface area contributed by atoms with Gasteiger partial charge in [0.05, 0.1) is 30.1 Å². The first-order valence-electron chi connectivity index (χ1n) is 9.48. The van der Waals surface area contributed by atoms with Gasteiger partial charge in [-0.05, 0) is 83.3 Å². The van der Waals surface area contributed by atoms with E-state index in [0.717, 1.165) is 30.0 Å². The number of thiazole rings is 1. The summed E-state index contributed by atoms with van der Waals surface area (Å²) >= 11 is 9.28. The molecule has 4 rings (SSSR count). The second-order valence-electron chi connectivity index (χ2n) is 6.65. The molecular weight excluding hydrogens is 557 g/mol. The Bertz CT molecular complexity index is 1290. The Morgan fingerprint density at radius 1 is 1.03 bits per heavy atom. The van der Waals surface area contributed by atoms with Crippen molar-refractivity contribution in [3.8, 4) is 22.1 Å². The molecule has 1 aromatic heterocycles. The highest BCUT2D eigenvalue weighted by Crippen LogP contribution is 2.35. The summed E-state index contributed by atoms with van der Waals surface area (Å²) in [6, 6.07) is 18.9. The molecule has 0 spiro atoms. The lowest BCUT2D eigenvalue weighted by Crippen LogP contribution is -2.34. The van der Waals surface area contributed by atoms with Crippen molar-refractivity contribution in [2.45, 2.75) is 0 Å². The number of rotatable bonds is 5. The number of para-hydroxylation sites is 1. The molecule has 4 aromatic rings. The van der Waals surface area contributed by atoms with E-state index in [0.29, 0.717) is 17.1 Å². The third-order valence-electron chi connectivity index (χ3n) is 4.63. The quantitative estimate of drug-likeness (QED) is 0.235. The standard InChI is InChI=1S/C23H18IN3O3S2/c1-29-18-10-7-13(11-19(18)30-2)21(28)27-23(31)26-16-9-8-14(24)12-15(16)22-25-17-5-3-4-6-20(17)32-22/h3-12H,1-2H3,(H2,26,27,28,31). The van der Waals surface area contributed by atoms with Crippen LogP contribution in [0.2, 0.25) is 0 Å². The van der Waals surface area contributed by atoms with E-state index in [1.165, 1.54) is 7.11 Å². The van der Waals surface area contributed by atoms with Gasteiger partial charge in [0.25, 0.3) is 5.91 Å². The summed E-state index contributed by atoms with van der Waals surface area (Å²) < 4.78 is 12.7. The van der Waals surface area contributed by atoms with Gasteiger partial charge in [0.1, 0.15) is 5.01 Å². The molecule has 0 unspecified atom stereocenters. The van der Waals surface area contributed by atoms with Crippen LogP contribution >= 0.6 is 46.1 Å².